The van der Waals surface area contributed by atoms with Crippen LogP contribution in [0.5, 0.6) is 5.75 Å². The van der Waals surface area contributed by atoms with E-state index in [0.29, 0.717) is 16.8 Å². The summed E-state index contributed by atoms with van der Waals surface area (Å²) in [6.45, 7) is 3.13. The molecule has 3 aromatic carbocycles. The zero-order valence-electron chi connectivity index (χ0n) is 24.4. The van der Waals surface area contributed by atoms with E-state index in [2.05, 4.69) is 0 Å². The molecule has 10 heteroatoms. The minimum absolute atomic E-state index is 0.0595. The van der Waals surface area contributed by atoms with Crippen molar-refractivity contribution in [3.63, 3.8) is 0 Å². The third-order valence-electron chi connectivity index (χ3n) is 10.2. The van der Waals surface area contributed by atoms with Crippen molar-refractivity contribution in [1.29, 1.82) is 0 Å². The minimum atomic E-state index is -1.36. The standard InChI is InChI=1S/C35H28ClFN2O6/c1-17(40)18-7-9-19(10-8-18)38-31(42)23-13-12-21-24(29(23)33(38)44)16-25-32(43)39(20-11-14-27(37)26(36)15-20)34(45)35(25,2)30(21)22-5-3-4-6-28(22)41/h3-12,14-15,23-25,29-30,41H,13,16H2,1-2H3/t23-,24+,25-,29-,30+,35+/m0/s1. The molecule has 4 aliphatic rings. The average Bonchev–Trinajstić information content (AvgIpc) is 3.38. The van der Waals surface area contributed by atoms with Gasteiger partial charge < -0.3 is 5.11 Å². The first-order valence-corrected chi connectivity index (χ1v) is 15.1. The van der Waals surface area contributed by atoms with E-state index in [1.807, 2.05) is 6.08 Å². The molecule has 2 saturated heterocycles. The SMILES string of the molecule is CC(=O)c1ccc(N2C(=O)[C@H]3[C@H](CC=C4[C@H]3C[C@H]3C(=O)N(c5ccc(F)c(Cl)c5)C(=O)[C@@]3(C)[C@H]4c3ccccc3O)C2=O)cc1. The lowest BCUT2D eigenvalue weighted by atomic mass is 9.51. The molecule has 45 heavy (non-hydrogen) atoms. The first kappa shape index (κ1) is 29.1. The molecular weight excluding hydrogens is 599 g/mol. The van der Waals surface area contributed by atoms with Gasteiger partial charge in [0.2, 0.25) is 23.6 Å². The van der Waals surface area contributed by atoms with Gasteiger partial charge in [-0.05, 0) is 81.1 Å². The lowest BCUT2D eigenvalue weighted by Gasteiger charge is -2.49. The summed E-state index contributed by atoms with van der Waals surface area (Å²) in [4.78, 5) is 70.5. The van der Waals surface area contributed by atoms with Crippen LogP contribution in [-0.2, 0) is 19.2 Å². The second-order valence-electron chi connectivity index (χ2n) is 12.4. The topological polar surface area (TPSA) is 112 Å². The van der Waals surface area contributed by atoms with Crippen molar-refractivity contribution >= 4 is 52.4 Å². The number of hydrogen-bond donors (Lipinski definition) is 1. The van der Waals surface area contributed by atoms with Crippen molar-refractivity contribution < 1.29 is 33.5 Å². The highest BCUT2D eigenvalue weighted by Crippen LogP contribution is 2.64. The summed E-state index contributed by atoms with van der Waals surface area (Å²) in [7, 11) is 0. The Hall–Kier alpha value is -4.63. The molecule has 2 heterocycles. The number of aromatic hydroxyl groups is 1. The number of amides is 4. The number of phenolic OH excluding ortho intramolecular Hbond substituents is 1. The highest BCUT2D eigenvalue weighted by molar-refractivity contribution is 6.32. The van der Waals surface area contributed by atoms with Crippen LogP contribution in [0.15, 0.2) is 78.4 Å². The second kappa shape index (κ2) is 10.2. The third kappa shape index (κ3) is 4.06. The fourth-order valence-electron chi connectivity index (χ4n) is 8.06. The van der Waals surface area contributed by atoms with E-state index in [1.54, 1.807) is 49.4 Å². The number of carbonyl (C=O) groups is 5. The van der Waals surface area contributed by atoms with Gasteiger partial charge in [-0.3, -0.25) is 28.9 Å². The van der Waals surface area contributed by atoms with E-state index in [-0.39, 0.29) is 41.0 Å². The smallest absolute Gasteiger partial charge is 0.241 e. The molecule has 3 fully saturated rings. The Morgan fingerprint density at radius 2 is 1.60 bits per heavy atom. The fourth-order valence-corrected chi connectivity index (χ4v) is 8.24. The van der Waals surface area contributed by atoms with Crippen LogP contribution < -0.4 is 9.80 Å². The first-order valence-electron chi connectivity index (χ1n) is 14.7. The van der Waals surface area contributed by atoms with Crippen LogP contribution in [0, 0.1) is 34.9 Å². The number of benzene rings is 3. The van der Waals surface area contributed by atoms with Gasteiger partial charge in [0.05, 0.1) is 39.6 Å². The largest absolute Gasteiger partial charge is 0.508 e. The summed E-state index contributed by atoms with van der Waals surface area (Å²) >= 11 is 6.04. The molecule has 6 atom stereocenters. The molecule has 7 rings (SSSR count). The van der Waals surface area contributed by atoms with Crippen molar-refractivity contribution in [3.8, 4) is 5.75 Å². The maximum absolute atomic E-state index is 14.4. The van der Waals surface area contributed by atoms with E-state index in [4.69, 9.17) is 11.6 Å². The van der Waals surface area contributed by atoms with Gasteiger partial charge in [0.1, 0.15) is 11.6 Å². The van der Waals surface area contributed by atoms with Crippen LogP contribution in [0.3, 0.4) is 0 Å². The predicted molar refractivity (Wildman–Crippen MR) is 163 cm³/mol. The normalized spacial score (nSPS) is 29.0. The number of imide groups is 2. The number of ketones is 1. The molecule has 2 aliphatic carbocycles. The molecule has 1 saturated carbocycles. The number of hydrogen-bond acceptors (Lipinski definition) is 6. The van der Waals surface area contributed by atoms with E-state index >= 15 is 0 Å². The Bertz CT molecular complexity index is 1870. The predicted octanol–water partition coefficient (Wildman–Crippen LogP) is 5.82. The van der Waals surface area contributed by atoms with Crippen molar-refractivity contribution in [2.24, 2.45) is 29.1 Å². The Morgan fingerprint density at radius 3 is 2.27 bits per heavy atom. The number of para-hydroxylation sites is 1. The maximum Gasteiger partial charge on any atom is 0.241 e. The molecular formula is C35H28ClFN2O6. The van der Waals surface area contributed by atoms with Crippen LogP contribution in [0.1, 0.15) is 48.5 Å². The zero-order valence-corrected chi connectivity index (χ0v) is 25.1. The molecule has 3 aromatic rings. The monoisotopic (exact) mass is 626 g/mol. The van der Waals surface area contributed by atoms with Crippen LogP contribution in [0.4, 0.5) is 15.8 Å². The number of Topliss-reactive ketones (excluding diaryl/α,β-unsaturated/α-hetero) is 1. The number of anilines is 2. The van der Waals surface area contributed by atoms with E-state index in [1.165, 1.54) is 25.1 Å². The summed E-state index contributed by atoms with van der Waals surface area (Å²) in [5, 5.41) is 10.8. The van der Waals surface area contributed by atoms with Gasteiger partial charge >= 0.3 is 0 Å². The molecule has 0 aromatic heterocycles. The van der Waals surface area contributed by atoms with Gasteiger partial charge in [-0.2, -0.15) is 0 Å². The van der Waals surface area contributed by atoms with Crippen molar-refractivity contribution in [2.45, 2.75) is 32.6 Å². The van der Waals surface area contributed by atoms with Gasteiger partial charge in [0.15, 0.2) is 5.78 Å². The third-order valence-corrected chi connectivity index (χ3v) is 10.5. The quantitative estimate of drug-likeness (QED) is 0.222. The van der Waals surface area contributed by atoms with Gasteiger partial charge in [0, 0.05) is 17.0 Å². The van der Waals surface area contributed by atoms with Crippen molar-refractivity contribution in [3.05, 3.63) is 100 Å². The van der Waals surface area contributed by atoms with Crippen LogP contribution >= 0.6 is 11.6 Å². The molecule has 0 unspecified atom stereocenters. The van der Waals surface area contributed by atoms with E-state index in [9.17, 15) is 33.5 Å². The molecule has 0 radical (unpaired) electrons. The number of allylic oxidation sites excluding steroid dienone is 2. The summed E-state index contributed by atoms with van der Waals surface area (Å²) < 4.78 is 14.0. The van der Waals surface area contributed by atoms with E-state index in [0.717, 1.165) is 21.4 Å². The number of halogens is 2. The molecule has 1 N–H and O–H groups in total. The highest BCUT2D eigenvalue weighted by Gasteiger charge is 2.68. The second-order valence-corrected chi connectivity index (χ2v) is 12.8. The Balaban J connectivity index is 1.34. The van der Waals surface area contributed by atoms with Gasteiger partial charge in [-0.1, -0.05) is 41.4 Å². The van der Waals surface area contributed by atoms with Crippen LogP contribution in [0.25, 0.3) is 0 Å². The number of rotatable bonds is 4. The average molecular weight is 627 g/mol. The van der Waals surface area contributed by atoms with Crippen molar-refractivity contribution in [2.75, 3.05) is 9.80 Å². The van der Waals surface area contributed by atoms with E-state index < -0.39 is 58.5 Å². The minimum Gasteiger partial charge on any atom is -0.508 e. The molecule has 0 bridgehead atoms. The Labute approximate surface area is 263 Å². The lowest BCUT2D eigenvalue weighted by Crippen LogP contribution is -2.48. The summed E-state index contributed by atoms with van der Waals surface area (Å²) in [5.41, 5.74) is 0.743. The molecule has 2 aliphatic heterocycles. The van der Waals surface area contributed by atoms with Gasteiger partial charge in [-0.15, -0.1) is 0 Å². The lowest BCUT2D eigenvalue weighted by molar-refractivity contribution is -0.131. The number of carbonyl (C=O) groups excluding carboxylic acids is 5. The molecule has 228 valence electrons. The maximum atomic E-state index is 14.4. The molecule has 4 amide bonds. The first-order chi connectivity index (χ1) is 21.4. The number of nitrogens with zero attached hydrogens (tertiary/aromatic N) is 2. The van der Waals surface area contributed by atoms with Crippen LogP contribution in [0.2, 0.25) is 5.02 Å². The zero-order chi connectivity index (χ0) is 31.9. The summed E-state index contributed by atoms with van der Waals surface area (Å²) in [6.07, 6.45) is 2.26. The van der Waals surface area contributed by atoms with Crippen LogP contribution in [-0.4, -0.2) is 34.5 Å². The summed E-state index contributed by atoms with van der Waals surface area (Å²) in [5.74, 6) is -6.43. The fraction of sp³-hybridized carbons (Fsp3) is 0.286. The van der Waals surface area contributed by atoms with Crippen molar-refractivity contribution in [1.82, 2.24) is 0 Å². The van der Waals surface area contributed by atoms with Gasteiger partial charge in [0.25, 0.3) is 0 Å². The van der Waals surface area contributed by atoms with Gasteiger partial charge in [-0.25, -0.2) is 9.29 Å². The molecule has 0 spiro atoms. The Morgan fingerprint density at radius 1 is 0.911 bits per heavy atom. The molecule has 8 nitrogen and oxygen atoms in total. The Kier molecular flexibility index (Phi) is 6.60. The highest BCUT2D eigenvalue weighted by atomic mass is 35.5. The number of phenols is 1. The number of fused-ring (bicyclic) bond motifs is 4. The summed E-state index contributed by atoms with van der Waals surface area (Å²) in [6, 6.07) is 16.6.